The molecule has 5 heteroatoms. The van der Waals surface area contributed by atoms with Crippen LogP contribution in [-0.2, 0) is 4.79 Å². The van der Waals surface area contributed by atoms with E-state index < -0.39 is 11.6 Å². The molecule has 0 aliphatic carbocycles. The van der Waals surface area contributed by atoms with Gasteiger partial charge in [-0.05, 0) is 43.4 Å². The number of carbonyl (C=O) groups is 1. The molecule has 1 amide bonds. The van der Waals surface area contributed by atoms with Crippen LogP contribution in [-0.4, -0.2) is 20.8 Å². The molecule has 2 fully saturated rings. The first-order valence-electron chi connectivity index (χ1n) is 6.49. The van der Waals surface area contributed by atoms with Crippen LogP contribution < -0.4 is 0 Å². The second kappa shape index (κ2) is 5.00. The first-order valence-corrected chi connectivity index (χ1v) is 7.73. The number of fused-ring (bicyclic) bond motifs is 1. The predicted molar refractivity (Wildman–Crippen MR) is 76.0 cm³/mol. The minimum Gasteiger partial charge on any atom is -0.332 e. The summed E-state index contributed by atoms with van der Waals surface area (Å²) < 4.78 is 26.4. The molecule has 19 heavy (non-hydrogen) atoms. The molecule has 102 valence electrons. The average Bonchev–Trinajstić information content (AvgIpc) is 2.82. The van der Waals surface area contributed by atoms with Crippen LogP contribution in [0.2, 0.25) is 0 Å². The Bertz CT molecular complexity index is 522. The molecule has 0 radical (unpaired) electrons. The average molecular weight is 377 g/mol. The van der Waals surface area contributed by atoms with Crippen LogP contribution in [0.5, 0.6) is 0 Å². The highest BCUT2D eigenvalue weighted by Gasteiger charge is 2.42. The molecule has 0 saturated carbocycles. The molecular formula is C14H14F2INO. The fourth-order valence-electron chi connectivity index (χ4n) is 3.17. The Morgan fingerprint density at radius 1 is 1.11 bits per heavy atom. The number of halogens is 3. The zero-order valence-corrected chi connectivity index (χ0v) is 12.4. The van der Waals surface area contributed by atoms with Crippen LogP contribution in [0, 0.1) is 11.6 Å². The van der Waals surface area contributed by atoms with Crippen molar-refractivity contribution in [2.45, 2.75) is 41.7 Å². The van der Waals surface area contributed by atoms with Crippen molar-refractivity contribution in [3.05, 3.63) is 35.4 Å². The van der Waals surface area contributed by atoms with E-state index in [1.165, 1.54) is 6.07 Å². The third-order valence-electron chi connectivity index (χ3n) is 4.11. The molecule has 2 aliphatic heterocycles. The summed E-state index contributed by atoms with van der Waals surface area (Å²) in [4.78, 5) is 14.2. The van der Waals surface area contributed by atoms with Gasteiger partial charge in [0.25, 0.3) is 0 Å². The van der Waals surface area contributed by atoms with Gasteiger partial charge in [-0.3, -0.25) is 4.79 Å². The van der Waals surface area contributed by atoms with Crippen molar-refractivity contribution in [2.75, 3.05) is 0 Å². The maximum Gasteiger partial charge on any atom is 0.236 e. The van der Waals surface area contributed by atoms with E-state index in [4.69, 9.17) is 0 Å². The Morgan fingerprint density at radius 2 is 1.84 bits per heavy atom. The molecule has 0 unspecified atom stereocenters. The molecule has 2 aliphatic rings. The molecule has 0 spiro atoms. The second-order valence-corrected chi connectivity index (χ2v) is 6.71. The Kier molecular flexibility index (Phi) is 3.49. The van der Waals surface area contributed by atoms with Crippen LogP contribution in [0.15, 0.2) is 18.2 Å². The van der Waals surface area contributed by atoms with Gasteiger partial charge in [0.1, 0.15) is 0 Å². The quantitative estimate of drug-likeness (QED) is 0.541. The minimum atomic E-state index is -0.838. The zero-order chi connectivity index (χ0) is 13.6. The van der Waals surface area contributed by atoms with Crippen LogP contribution in [0.4, 0.5) is 8.78 Å². The third-order valence-corrected chi connectivity index (χ3v) is 5.26. The van der Waals surface area contributed by atoms with E-state index in [1.54, 1.807) is 6.07 Å². The molecule has 1 aromatic carbocycles. The number of nitrogens with zero attached hydrogens (tertiary/aromatic N) is 1. The topological polar surface area (TPSA) is 20.3 Å². The number of hydrogen-bond acceptors (Lipinski definition) is 1. The van der Waals surface area contributed by atoms with Crippen LogP contribution in [0.3, 0.4) is 0 Å². The fourth-order valence-corrected chi connectivity index (χ4v) is 3.85. The van der Waals surface area contributed by atoms with Gasteiger partial charge in [-0.2, -0.15) is 0 Å². The molecule has 2 nitrogen and oxygen atoms in total. The normalized spacial score (nSPS) is 30.6. The summed E-state index contributed by atoms with van der Waals surface area (Å²) in [5.41, 5.74) is 0.709. The standard InChI is InChI=1S/C14H14F2INO/c15-10-4-1-8(7-11(10)16)13-6-3-9-2-5-12(17)14(19)18(9)13/h1,4,7,9,12-13H,2-3,5-6H2/t9-,12+,13+/m1/s1. The predicted octanol–water partition coefficient (Wildman–Crippen LogP) is 3.59. The second-order valence-electron chi connectivity index (χ2n) is 5.21. The fraction of sp³-hybridized carbons (Fsp3) is 0.500. The Morgan fingerprint density at radius 3 is 2.58 bits per heavy atom. The summed E-state index contributed by atoms with van der Waals surface area (Å²) in [6.07, 6.45) is 3.73. The van der Waals surface area contributed by atoms with Gasteiger partial charge in [0, 0.05) is 6.04 Å². The Labute approximate surface area is 124 Å². The maximum atomic E-state index is 13.4. The van der Waals surface area contributed by atoms with Gasteiger partial charge in [-0.1, -0.05) is 28.7 Å². The molecule has 3 atom stereocenters. The number of rotatable bonds is 1. The number of benzene rings is 1. The van der Waals surface area contributed by atoms with E-state index in [2.05, 4.69) is 22.6 Å². The van der Waals surface area contributed by atoms with Gasteiger partial charge in [0.05, 0.1) is 9.97 Å². The van der Waals surface area contributed by atoms with E-state index in [0.29, 0.717) is 5.56 Å². The SMILES string of the molecule is O=C1[C@@H](I)CC[C@@H]2CC[C@@H](c3ccc(F)c(F)c3)N12. The summed E-state index contributed by atoms with van der Waals surface area (Å²) in [5.74, 6) is -1.53. The van der Waals surface area contributed by atoms with Gasteiger partial charge in [0.15, 0.2) is 11.6 Å². The molecule has 2 saturated heterocycles. The van der Waals surface area contributed by atoms with Crippen LogP contribution in [0.1, 0.15) is 37.3 Å². The largest absolute Gasteiger partial charge is 0.332 e. The summed E-state index contributed by atoms with van der Waals surface area (Å²) in [7, 11) is 0. The Hall–Kier alpha value is -0.720. The van der Waals surface area contributed by atoms with Crippen LogP contribution >= 0.6 is 22.6 Å². The van der Waals surface area contributed by atoms with E-state index in [9.17, 15) is 13.6 Å². The van der Waals surface area contributed by atoms with Crippen molar-refractivity contribution in [3.8, 4) is 0 Å². The number of piperidine rings is 1. The smallest absolute Gasteiger partial charge is 0.236 e. The summed E-state index contributed by atoms with van der Waals surface area (Å²) >= 11 is 2.18. The van der Waals surface area contributed by atoms with Crippen molar-refractivity contribution in [1.29, 1.82) is 0 Å². The lowest BCUT2D eigenvalue weighted by Gasteiger charge is -2.36. The van der Waals surface area contributed by atoms with Crippen molar-refractivity contribution in [3.63, 3.8) is 0 Å². The van der Waals surface area contributed by atoms with Gasteiger partial charge < -0.3 is 4.90 Å². The molecule has 0 N–H and O–H groups in total. The summed E-state index contributed by atoms with van der Waals surface area (Å²) in [5, 5.41) is 0. The van der Waals surface area contributed by atoms with E-state index in [-0.39, 0.29) is 21.9 Å². The molecule has 1 aromatic rings. The van der Waals surface area contributed by atoms with E-state index in [0.717, 1.165) is 31.7 Å². The maximum absolute atomic E-state index is 13.4. The lowest BCUT2D eigenvalue weighted by molar-refractivity contribution is -0.135. The minimum absolute atomic E-state index is 0.0137. The highest BCUT2D eigenvalue weighted by atomic mass is 127. The molecule has 0 aromatic heterocycles. The first-order chi connectivity index (χ1) is 9.08. The van der Waals surface area contributed by atoms with Gasteiger partial charge >= 0.3 is 0 Å². The van der Waals surface area contributed by atoms with Gasteiger partial charge in [0.2, 0.25) is 5.91 Å². The van der Waals surface area contributed by atoms with Crippen molar-refractivity contribution in [2.24, 2.45) is 0 Å². The Balaban J connectivity index is 1.92. The zero-order valence-electron chi connectivity index (χ0n) is 10.3. The molecular weight excluding hydrogens is 363 g/mol. The van der Waals surface area contributed by atoms with Crippen molar-refractivity contribution < 1.29 is 13.6 Å². The number of carbonyl (C=O) groups excluding carboxylic acids is 1. The lowest BCUT2D eigenvalue weighted by atomic mass is 10.0. The number of alkyl halides is 1. The monoisotopic (exact) mass is 377 g/mol. The van der Waals surface area contributed by atoms with Gasteiger partial charge in [-0.15, -0.1) is 0 Å². The van der Waals surface area contributed by atoms with Gasteiger partial charge in [-0.25, -0.2) is 8.78 Å². The third kappa shape index (κ3) is 2.26. The van der Waals surface area contributed by atoms with E-state index in [1.807, 2.05) is 4.90 Å². The molecule has 3 rings (SSSR count). The van der Waals surface area contributed by atoms with E-state index >= 15 is 0 Å². The van der Waals surface area contributed by atoms with Crippen LogP contribution in [0.25, 0.3) is 0 Å². The van der Waals surface area contributed by atoms with Crippen molar-refractivity contribution in [1.82, 2.24) is 4.90 Å². The summed E-state index contributed by atoms with van der Waals surface area (Å²) in [6, 6.07) is 4.15. The summed E-state index contributed by atoms with van der Waals surface area (Å²) in [6.45, 7) is 0. The number of amides is 1. The first kappa shape index (κ1) is 13.3. The molecule has 2 heterocycles. The highest BCUT2D eigenvalue weighted by molar-refractivity contribution is 14.1. The lowest BCUT2D eigenvalue weighted by Crippen LogP contribution is -2.45. The van der Waals surface area contributed by atoms with Crippen molar-refractivity contribution >= 4 is 28.5 Å². The molecule has 0 bridgehead atoms. The number of hydrogen-bond donors (Lipinski definition) is 0. The highest BCUT2D eigenvalue weighted by Crippen LogP contribution is 2.42.